The van der Waals surface area contributed by atoms with Crippen LogP contribution in [0.1, 0.15) is 5.56 Å². The molecule has 0 aromatic heterocycles. The highest BCUT2D eigenvalue weighted by Crippen LogP contribution is 2.23. The first-order valence-electron chi connectivity index (χ1n) is 4.31. The van der Waals surface area contributed by atoms with Gasteiger partial charge in [-0.15, -0.1) is 0 Å². The van der Waals surface area contributed by atoms with Crippen LogP contribution in [0.5, 0.6) is 5.75 Å². The average molecular weight is 204 g/mol. The van der Waals surface area contributed by atoms with E-state index in [1.807, 2.05) is 13.0 Å². The van der Waals surface area contributed by atoms with E-state index in [4.69, 9.17) is 15.7 Å². The van der Waals surface area contributed by atoms with E-state index in [2.05, 4.69) is 10.3 Å². The molecule has 0 saturated heterocycles. The van der Waals surface area contributed by atoms with Crippen LogP contribution in [-0.2, 0) is 0 Å². The fourth-order valence-electron chi connectivity index (χ4n) is 1.10. The average Bonchev–Trinajstić information content (AvgIpc) is 2.21. The molecule has 0 fully saturated rings. The third kappa shape index (κ3) is 2.88. The Hall–Kier alpha value is -2.22. The van der Waals surface area contributed by atoms with Gasteiger partial charge in [0, 0.05) is 0 Å². The van der Waals surface area contributed by atoms with Gasteiger partial charge in [-0.1, -0.05) is 0 Å². The number of aryl methyl sites for hydroxylation is 1. The first-order chi connectivity index (χ1) is 7.17. The molecule has 1 aromatic rings. The van der Waals surface area contributed by atoms with Crippen molar-refractivity contribution in [1.29, 1.82) is 5.26 Å². The molecule has 0 bridgehead atoms. The maximum Gasteiger partial charge on any atom is 0.207 e. The summed E-state index contributed by atoms with van der Waals surface area (Å²) in [5, 5.41) is 10.6. The van der Waals surface area contributed by atoms with E-state index < -0.39 is 0 Å². The summed E-state index contributed by atoms with van der Waals surface area (Å²) < 4.78 is 5.05. The number of methoxy groups -OCH3 is 1. The summed E-state index contributed by atoms with van der Waals surface area (Å²) in [5.74, 6) is 0.837. The molecule has 0 atom stereocenters. The van der Waals surface area contributed by atoms with E-state index in [1.165, 1.54) is 0 Å². The molecule has 0 aliphatic rings. The summed E-state index contributed by atoms with van der Waals surface area (Å²) in [7, 11) is 1.60. The fraction of sp³-hybridized carbons (Fsp3) is 0.200. The summed E-state index contributed by atoms with van der Waals surface area (Å²) in [6.07, 6.45) is 1.70. The van der Waals surface area contributed by atoms with Gasteiger partial charge in [-0.2, -0.15) is 5.26 Å². The van der Waals surface area contributed by atoms with Crippen molar-refractivity contribution < 1.29 is 4.74 Å². The molecule has 0 heterocycles. The molecule has 78 valence electrons. The Morgan fingerprint density at radius 1 is 1.60 bits per heavy atom. The highest BCUT2D eigenvalue weighted by molar-refractivity contribution is 5.82. The zero-order valence-corrected chi connectivity index (χ0v) is 8.61. The second kappa shape index (κ2) is 4.86. The molecular formula is C10H12N4O. The third-order valence-electron chi connectivity index (χ3n) is 1.83. The van der Waals surface area contributed by atoms with E-state index in [9.17, 15) is 0 Å². The van der Waals surface area contributed by atoms with E-state index in [-0.39, 0.29) is 5.96 Å². The number of aliphatic imine (C=N–C) groups is 1. The van der Waals surface area contributed by atoms with Gasteiger partial charge in [-0.05, 0) is 30.7 Å². The number of benzene rings is 1. The molecule has 5 heteroatoms. The van der Waals surface area contributed by atoms with Gasteiger partial charge >= 0.3 is 0 Å². The van der Waals surface area contributed by atoms with Crippen LogP contribution in [0.4, 0.5) is 5.69 Å². The molecule has 0 aliphatic carbocycles. The van der Waals surface area contributed by atoms with Gasteiger partial charge in [-0.25, -0.2) is 4.99 Å². The first-order valence-corrected chi connectivity index (χ1v) is 4.31. The summed E-state index contributed by atoms with van der Waals surface area (Å²) in [6, 6.07) is 5.41. The molecule has 0 aliphatic heterocycles. The van der Waals surface area contributed by atoms with Gasteiger partial charge in [0.1, 0.15) is 5.75 Å². The Bertz CT molecular complexity index is 420. The molecule has 0 saturated carbocycles. The summed E-state index contributed by atoms with van der Waals surface area (Å²) in [5.41, 5.74) is 7.07. The Morgan fingerprint density at radius 3 is 2.87 bits per heavy atom. The first kappa shape index (κ1) is 10.9. The lowest BCUT2D eigenvalue weighted by molar-refractivity contribution is 0.414. The number of ether oxygens (including phenoxy) is 1. The molecule has 0 amide bonds. The minimum Gasteiger partial charge on any atom is -0.497 e. The van der Waals surface area contributed by atoms with Gasteiger partial charge in [0.15, 0.2) is 6.19 Å². The number of hydrogen-bond acceptors (Lipinski definition) is 3. The summed E-state index contributed by atoms with van der Waals surface area (Å²) >= 11 is 0. The fourth-order valence-corrected chi connectivity index (χ4v) is 1.10. The van der Waals surface area contributed by atoms with E-state index in [0.29, 0.717) is 5.69 Å². The van der Waals surface area contributed by atoms with Crippen molar-refractivity contribution in [3.05, 3.63) is 23.8 Å². The normalized spacial score (nSPS) is 10.6. The maximum absolute atomic E-state index is 8.32. The molecular weight excluding hydrogens is 192 g/mol. The predicted octanol–water partition coefficient (Wildman–Crippen LogP) is 1.02. The Labute approximate surface area is 88.2 Å². The molecule has 0 radical (unpaired) electrons. The standard InChI is InChI=1S/C10H12N4O/c1-7-5-8(15-2)3-4-9(7)14-10(12)13-6-11/h3-5H,1-2H3,(H3,12,13,14). The molecule has 0 unspecified atom stereocenters. The van der Waals surface area contributed by atoms with Crippen LogP contribution < -0.4 is 15.8 Å². The lowest BCUT2D eigenvalue weighted by atomic mass is 10.2. The van der Waals surface area contributed by atoms with Crippen molar-refractivity contribution in [1.82, 2.24) is 5.32 Å². The lowest BCUT2D eigenvalue weighted by Crippen LogP contribution is -2.26. The molecule has 15 heavy (non-hydrogen) atoms. The van der Waals surface area contributed by atoms with Crippen molar-refractivity contribution in [2.45, 2.75) is 6.92 Å². The third-order valence-corrected chi connectivity index (χ3v) is 1.83. The number of nitrogens with two attached hydrogens (primary N) is 1. The Balaban J connectivity index is 2.97. The molecule has 3 N–H and O–H groups in total. The molecule has 0 spiro atoms. The van der Waals surface area contributed by atoms with E-state index >= 15 is 0 Å². The van der Waals surface area contributed by atoms with Crippen LogP contribution in [0, 0.1) is 18.4 Å². The number of nitrogens with one attached hydrogen (secondary N) is 1. The van der Waals surface area contributed by atoms with Gasteiger partial charge in [0.2, 0.25) is 5.96 Å². The minimum absolute atomic E-state index is 0.0748. The smallest absolute Gasteiger partial charge is 0.207 e. The van der Waals surface area contributed by atoms with Gasteiger partial charge in [0.25, 0.3) is 0 Å². The van der Waals surface area contributed by atoms with Crippen molar-refractivity contribution in [3.63, 3.8) is 0 Å². The van der Waals surface area contributed by atoms with Crippen molar-refractivity contribution in [2.75, 3.05) is 7.11 Å². The number of hydrogen-bond donors (Lipinski definition) is 2. The number of guanidine groups is 1. The monoisotopic (exact) mass is 204 g/mol. The van der Waals surface area contributed by atoms with Crippen LogP contribution in [0.25, 0.3) is 0 Å². The summed E-state index contributed by atoms with van der Waals surface area (Å²) in [6.45, 7) is 1.89. The topological polar surface area (TPSA) is 83.4 Å². The second-order valence-corrected chi connectivity index (χ2v) is 2.89. The van der Waals surface area contributed by atoms with Gasteiger partial charge in [0.05, 0.1) is 12.8 Å². The van der Waals surface area contributed by atoms with Crippen molar-refractivity contribution >= 4 is 11.6 Å². The number of rotatable bonds is 2. The molecule has 1 rings (SSSR count). The van der Waals surface area contributed by atoms with Crippen LogP contribution in [-0.4, -0.2) is 13.1 Å². The van der Waals surface area contributed by atoms with Crippen LogP contribution in [0.15, 0.2) is 23.2 Å². The minimum atomic E-state index is 0.0748. The largest absolute Gasteiger partial charge is 0.497 e. The van der Waals surface area contributed by atoms with Gasteiger partial charge in [-0.3, -0.25) is 5.32 Å². The highest BCUT2D eigenvalue weighted by atomic mass is 16.5. The van der Waals surface area contributed by atoms with Crippen LogP contribution in [0.3, 0.4) is 0 Å². The lowest BCUT2D eigenvalue weighted by Gasteiger charge is -2.04. The highest BCUT2D eigenvalue weighted by Gasteiger charge is 1.99. The van der Waals surface area contributed by atoms with Crippen molar-refractivity contribution in [3.8, 4) is 11.9 Å². The SMILES string of the molecule is COc1ccc(N=C(N)NC#N)c(C)c1. The number of nitriles is 1. The van der Waals surface area contributed by atoms with Gasteiger partial charge < -0.3 is 10.5 Å². The van der Waals surface area contributed by atoms with Crippen LogP contribution >= 0.6 is 0 Å². The molecule has 5 nitrogen and oxygen atoms in total. The predicted molar refractivity (Wildman–Crippen MR) is 57.8 cm³/mol. The maximum atomic E-state index is 8.32. The Morgan fingerprint density at radius 2 is 2.33 bits per heavy atom. The summed E-state index contributed by atoms with van der Waals surface area (Å²) in [4.78, 5) is 4.03. The van der Waals surface area contributed by atoms with E-state index in [0.717, 1.165) is 11.3 Å². The number of nitrogens with zero attached hydrogens (tertiary/aromatic N) is 2. The van der Waals surface area contributed by atoms with Crippen molar-refractivity contribution in [2.24, 2.45) is 10.7 Å². The zero-order valence-electron chi connectivity index (χ0n) is 8.61. The van der Waals surface area contributed by atoms with E-state index in [1.54, 1.807) is 25.4 Å². The van der Waals surface area contributed by atoms with Crippen LogP contribution in [0.2, 0.25) is 0 Å². The quantitative estimate of drug-likeness (QED) is 0.326. The second-order valence-electron chi connectivity index (χ2n) is 2.89. The zero-order chi connectivity index (χ0) is 11.3. The Kier molecular flexibility index (Phi) is 3.52. The molecule has 1 aromatic carbocycles.